The van der Waals surface area contributed by atoms with Gasteiger partial charge >= 0.3 is 13.3 Å². The van der Waals surface area contributed by atoms with Crippen molar-refractivity contribution in [1.82, 2.24) is 30.7 Å². The molecule has 18 nitrogen and oxygen atoms in total. The standard InChI is InChI=1S/C54H59F2N6O12PS/c1-53(2,3)46(59-48(66)43-27-35-26-36(18-21-42(35)76-43)54(55,56)75(71,72)73)52(70)61-30-37(28-41(61)51(69)60-24-12-16-34(29-60)33-14-9-7-10-15-33)74-31-45(64)57-23-11-6-4-5-8-13-32-17-19-38-39(25-32)50(68)62(49(38)67)40-20-22-44(63)58-47(40)65/h7,9-10,14-15,17-19,21,25-27,34,37,40-41,46H,4-6,11-12,16,20,22-24,28-31H2,1-3H3,(H,57,64)(H,59,66)(H,58,63,65)(H2,71,72,73)/t34-,37-,40?,41-,46?/m0/s1. The minimum Gasteiger partial charge on any atom is -0.366 e. The number of nitrogens with one attached hydrogen (secondary N) is 3. The number of alkyl halides is 2. The molecule has 402 valence electrons. The summed E-state index contributed by atoms with van der Waals surface area (Å²) in [6.07, 6.45) is 3.66. The third kappa shape index (κ3) is 12.3. The van der Waals surface area contributed by atoms with Crippen LogP contribution in [-0.4, -0.2) is 129 Å². The fourth-order valence-electron chi connectivity index (χ4n) is 10.0. The van der Waals surface area contributed by atoms with Gasteiger partial charge < -0.3 is 35.0 Å². The van der Waals surface area contributed by atoms with E-state index < -0.39 is 89.8 Å². The van der Waals surface area contributed by atoms with Crippen LogP contribution in [0.2, 0.25) is 0 Å². The number of hydrogen-bond donors (Lipinski definition) is 5. The molecule has 5 atom stereocenters. The van der Waals surface area contributed by atoms with E-state index in [-0.39, 0.29) is 65.6 Å². The topological polar surface area (TPSA) is 249 Å². The van der Waals surface area contributed by atoms with E-state index in [0.29, 0.717) is 49.2 Å². The number of benzene rings is 3. The van der Waals surface area contributed by atoms with Crippen LogP contribution < -0.4 is 16.0 Å². The summed E-state index contributed by atoms with van der Waals surface area (Å²) in [5.74, 6) is 1.89. The van der Waals surface area contributed by atoms with Gasteiger partial charge in [-0.05, 0) is 84.9 Å². The first kappa shape index (κ1) is 55.5. The number of unbranched alkanes of at least 4 members (excludes halogenated alkanes) is 3. The van der Waals surface area contributed by atoms with Crippen molar-refractivity contribution >= 4 is 76.3 Å². The average Bonchev–Trinajstić information content (AvgIpc) is 4.09. The van der Waals surface area contributed by atoms with Gasteiger partial charge in [-0.25, -0.2) is 0 Å². The lowest BCUT2D eigenvalue weighted by atomic mass is 9.85. The smallest absolute Gasteiger partial charge is 0.366 e. The Morgan fingerprint density at radius 2 is 1.67 bits per heavy atom. The van der Waals surface area contributed by atoms with E-state index in [4.69, 9.17) is 4.74 Å². The van der Waals surface area contributed by atoms with E-state index in [1.807, 2.05) is 30.3 Å². The van der Waals surface area contributed by atoms with Crippen LogP contribution in [0.4, 0.5) is 8.78 Å². The predicted molar refractivity (Wildman–Crippen MR) is 275 cm³/mol. The molecular formula is C54H59F2N6O12PS. The molecule has 8 rings (SSSR count). The van der Waals surface area contributed by atoms with Crippen LogP contribution in [0, 0.1) is 17.3 Å². The first-order valence-corrected chi connectivity index (χ1v) is 27.6. The lowest BCUT2D eigenvalue weighted by molar-refractivity contribution is -0.147. The molecule has 1 aromatic heterocycles. The number of halogens is 2. The molecule has 0 radical (unpaired) electrons. The van der Waals surface area contributed by atoms with Crippen molar-refractivity contribution in [1.29, 1.82) is 0 Å². The highest BCUT2D eigenvalue weighted by molar-refractivity contribution is 7.52. The second-order valence-corrected chi connectivity index (χ2v) is 23.3. The van der Waals surface area contributed by atoms with Crippen LogP contribution in [0.5, 0.6) is 0 Å². The van der Waals surface area contributed by atoms with E-state index in [9.17, 15) is 61.5 Å². The molecule has 5 N–H and O–H groups in total. The molecule has 0 bridgehead atoms. The monoisotopic (exact) mass is 1080 g/mol. The number of fused-ring (bicyclic) bond motifs is 2. The molecule has 4 aliphatic heterocycles. The number of amides is 8. The molecule has 4 aliphatic rings. The maximum atomic E-state index is 14.8. The summed E-state index contributed by atoms with van der Waals surface area (Å²) in [5.41, 5.74) is -4.35. The van der Waals surface area contributed by atoms with Crippen molar-refractivity contribution in [3.05, 3.63) is 105 Å². The van der Waals surface area contributed by atoms with E-state index in [2.05, 4.69) is 27.8 Å². The summed E-state index contributed by atoms with van der Waals surface area (Å²) in [6, 6.07) is 15.6. The highest BCUT2D eigenvalue weighted by Crippen LogP contribution is 2.59. The van der Waals surface area contributed by atoms with E-state index >= 15 is 0 Å². The van der Waals surface area contributed by atoms with Gasteiger partial charge in [0.1, 0.15) is 24.7 Å². The Balaban J connectivity index is 0.861. The molecule has 0 saturated carbocycles. The maximum Gasteiger partial charge on any atom is 0.399 e. The molecule has 22 heteroatoms. The second kappa shape index (κ2) is 22.9. The van der Waals surface area contributed by atoms with Crippen LogP contribution in [-0.2, 0) is 38.9 Å². The van der Waals surface area contributed by atoms with E-state index in [1.165, 1.54) is 29.2 Å². The fraction of sp³-hybridized carbons (Fsp3) is 0.444. The number of thiophene rings is 1. The summed E-state index contributed by atoms with van der Waals surface area (Å²) < 4.78 is 47.2. The van der Waals surface area contributed by atoms with Gasteiger partial charge in [-0.1, -0.05) is 75.4 Å². The van der Waals surface area contributed by atoms with Crippen molar-refractivity contribution in [3.63, 3.8) is 0 Å². The van der Waals surface area contributed by atoms with Crippen LogP contribution in [0.15, 0.2) is 72.8 Å². The molecule has 76 heavy (non-hydrogen) atoms. The molecule has 3 aromatic carbocycles. The molecule has 0 aliphatic carbocycles. The summed E-state index contributed by atoms with van der Waals surface area (Å²) in [5, 5.41) is 7.99. The van der Waals surface area contributed by atoms with Crippen LogP contribution in [0.1, 0.15) is 132 Å². The minimum absolute atomic E-state index is 0.0228. The van der Waals surface area contributed by atoms with Crippen molar-refractivity contribution in [3.8, 4) is 11.8 Å². The number of carbonyl (C=O) groups is 8. The Hall–Kier alpha value is -6.69. The number of hydrogen-bond acceptors (Lipinski definition) is 11. The Kier molecular flexibility index (Phi) is 16.7. The van der Waals surface area contributed by atoms with Gasteiger partial charge in [-0.2, -0.15) is 8.78 Å². The lowest BCUT2D eigenvalue weighted by Crippen LogP contribution is -2.58. The summed E-state index contributed by atoms with van der Waals surface area (Å²) in [7, 11) is -5.85. The number of likely N-dealkylation sites (tertiary alicyclic amines) is 2. The zero-order valence-corrected chi connectivity index (χ0v) is 43.9. The number of rotatable bonds is 16. The molecular weight excluding hydrogens is 1030 g/mol. The number of carbonyl (C=O) groups excluding carboxylic acids is 8. The van der Waals surface area contributed by atoms with Gasteiger partial charge in [0.2, 0.25) is 29.5 Å². The Bertz CT molecular complexity index is 3070. The normalized spacial score (nSPS) is 20.5. The Morgan fingerprint density at radius 1 is 0.921 bits per heavy atom. The summed E-state index contributed by atoms with van der Waals surface area (Å²) >= 11 is 0.946. The van der Waals surface area contributed by atoms with Gasteiger partial charge in [0.15, 0.2) is 0 Å². The molecule has 0 spiro atoms. The Morgan fingerprint density at radius 3 is 2.39 bits per heavy atom. The molecule has 4 aromatic rings. The minimum atomic E-state index is -5.85. The third-order valence-corrected chi connectivity index (χ3v) is 16.2. The molecule has 3 saturated heterocycles. The third-order valence-electron chi connectivity index (χ3n) is 14.1. The highest BCUT2D eigenvalue weighted by atomic mass is 32.1. The SMILES string of the molecule is CC(C)(C)C(NC(=O)c1cc2cc(C(F)(F)P(=O)(O)O)ccc2s1)C(=O)N1C[C@@H](OCC(=O)NCCCCCC#Cc2ccc3c(c2)C(=O)N(C2CCC(=O)NC2=O)C3=O)C[C@H]1C(=O)N1CCC[C@H](c2ccccc2)C1. The number of piperidine rings is 2. The molecule has 2 unspecified atom stereocenters. The van der Waals surface area contributed by atoms with Crippen LogP contribution in [0.3, 0.4) is 0 Å². The molecule has 3 fully saturated rings. The summed E-state index contributed by atoms with van der Waals surface area (Å²) in [4.78, 5) is 129. The van der Waals surface area contributed by atoms with Crippen LogP contribution in [0.25, 0.3) is 10.1 Å². The quantitative estimate of drug-likeness (QED) is 0.0387. The first-order valence-electron chi connectivity index (χ1n) is 25.2. The predicted octanol–water partition coefficient (Wildman–Crippen LogP) is 5.79. The average molecular weight is 1090 g/mol. The van der Waals surface area contributed by atoms with Crippen molar-refractivity contribution < 1.29 is 66.2 Å². The number of imide groups is 2. The lowest BCUT2D eigenvalue weighted by Gasteiger charge is -2.38. The van der Waals surface area contributed by atoms with Gasteiger partial charge in [0.25, 0.3) is 17.7 Å². The highest BCUT2D eigenvalue weighted by Gasteiger charge is 2.51. The zero-order valence-electron chi connectivity index (χ0n) is 42.1. The van der Waals surface area contributed by atoms with Gasteiger partial charge in [-0.15, -0.1) is 11.3 Å². The maximum absolute atomic E-state index is 14.8. The zero-order chi connectivity index (χ0) is 54.7. The van der Waals surface area contributed by atoms with Crippen LogP contribution >= 0.6 is 18.9 Å². The van der Waals surface area contributed by atoms with Gasteiger partial charge in [0, 0.05) is 67.2 Å². The fourth-order valence-corrected chi connectivity index (χ4v) is 11.4. The van der Waals surface area contributed by atoms with Crippen molar-refractivity contribution in [2.75, 3.05) is 32.8 Å². The molecule has 5 heterocycles. The summed E-state index contributed by atoms with van der Waals surface area (Å²) in [6.45, 7) is 6.11. The van der Waals surface area contributed by atoms with Crippen molar-refractivity contribution in [2.24, 2.45) is 5.41 Å². The Labute approximate surface area is 441 Å². The first-order chi connectivity index (χ1) is 36.0. The van der Waals surface area contributed by atoms with E-state index in [1.54, 1.807) is 31.7 Å². The number of nitrogens with zero attached hydrogens (tertiary/aromatic N) is 3. The largest absolute Gasteiger partial charge is 0.399 e. The van der Waals surface area contributed by atoms with Gasteiger partial charge in [-0.3, -0.25) is 53.1 Å². The van der Waals surface area contributed by atoms with Crippen molar-refractivity contribution in [2.45, 2.75) is 114 Å². The van der Waals surface area contributed by atoms with Gasteiger partial charge in [0.05, 0.1) is 22.1 Å². The molecule has 8 amide bonds. The van der Waals surface area contributed by atoms with E-state index in [0.717, 1.165) is 53.2 Å². The number of ether oxygens (including phenoxy) is 1. The second-order valence-electron chi connectivity index (χ2n) is 20.6.